The van der Waals surface area contributed by atoms with Crippen LogP contribution >= 0.6 is 15.9 Å². The van der Waals surface area contributed by atoms with Crippen LogP contribution in [0.2, 0.25) is 0 Å². The molecule has 3 N–H and O–H groups in total. The molecule has 0 spiro atoms. The molecule has 0 saturated carbocycles. The summed E-state index contributed by atoms with van der Waals surface area (Å²) in [6.45, 7) is 7.06. The predicted octanol–water partition coefficient (Wildman–Crippen LogP) is 3.68. The highest BCUT2D eigenvalue weighted by Crippen LogP contribution is 2.26. The average Bonchev–Trinajstić information content (AvgIpc) is 2.80. The van der Waals surface area contributed by atoms with Gasteiger partial charge in [-0.1, -0.05) is 35.8 Å². The van der Waals surface area contributed by atoms with E-state index in [1.807, 2.05) is 12.3 Å². The number of nitrogens with one attached hydrogen (secondary N) is 1. The molecule has 2 aromatic rings. The molecular formula is C15H20BrN3. The summed E-state index contributed by atoms with van der Waals surface area (Å²) in [5.41, 5.74) is 9.31. The number of nitrogens with two attached hydrogens (primary N) is 1. The fourth-order valence-electron chi connectivity index (χ4n) is 2.00. The van der Waals surface area contributed by atoms with Gasteiger partial charge in [0.15, 0.2) is 0 Å². The average molecular weight is 322 g/mol. The summed E-state index contributed by atoms with van der Waals surface area (Å²) in [6, 6.07) is 6.26. The number of benzene rings is 1. The summed E-state index contributed by atoms with van der Waals surface area (Å²) in [7, 11) is 0. The number of hydrogen-bond acceptors (Lipinski definition) is 2. The smallest absolute Gasteiger partial charge is 0.107 e. The van der Waals surface area contributed by atoms with Gasteiger partial charge in [-0.05, 0) is 36.6 Å². The Morgan fingerprint density at radius 2 is 2.11 bits per heavy atom. The summed E-state index contributed by atoms with van der Waals surface area (Å²) in [5.74, 6) is 0.991. The van der Waals surface area contributed by atoms with E-state index in [-0.39, 0.29) is 5.41 Å². The number of aryl methyl sites for hydroxylation is 1. The lowest BCUT2D eigenvalue weighted by Gasteiger charge is -2.20. The first-order valence-electron chi connectivity index (χ1n) is 6.42. The number of nitrogens with zero attached hydrogens (tertiary/aromatic N) is 1. The minimum absolute atomic E-state index is 0.0709. The molecule has 1 aromatic heterocycles. The van der Waals surface area contributed by atoms with Crippen LogP contribution in [-0.4, -0.2) is 16.5 Å². The van der Waals surface area contributed by atoms with E-state index in [1.165, 1.54) is 11.1 Å². The van der Waals surface area contributed by atoms with Crippen LogP contribution in [0.4, 0.5) is 0 Å². The fraction of sp³-hybridized carbons (Fsp3) is 0.400. The molecule has 0 radical (unpaired) electrons. The van der Waals surface area contributed by atoms with Gasteiger partial charge in [0, 0.05) is 16.5 Å². The van der Waals surface area contributed by atoms with Crippen molar-refractivity contribution in [1.29, 1.82) is 0 Å². The van der Waals surface area contributed by atoms with Crippen molar-refractivity contribution in [2.75, 3.05) is 6.54 Å². The van der Waals surface area contributed by atoms with Crippen LogP contribution < -0.4 is 5.73 Å². The third-order valence-electron chi connectivity index (χ3n) is 3.32. The van der Waals surface area contributed by atoms with Crippen LogP contribution in [0.15, 0.2) is 28.9 Å². The van der Waals surface area contributed by atoms with Crippen LogP contribution in [0.25, 0.3) is 11.3 Å². The second-order valence-electron chi connectivity index (χ2n) is 5.75. The second kappa shape index (κ2) is 5.47. The van der Waals surface area contributed by atoms with Crippen molar-refractivity contribution in [3.05, 3.63) is 40.3 Å². The van der Waals surface area contributed by atoms with Gasteiger partial charge in [0.2, 0.25) is 0 Å². The van der Waals surface area contributed by atoms with E-state index in [2.05, 4.69) is 58.8 Å². The molecule has 1 heterocycles. The van der Waals surface area contributed by atoms with Crippen LogP contribution in [-0.2, 0) is 6.42 Å². The number of hydrogen-bond donors (Lipinski definition) is 2. The first-order valence-corrected chi connectivity index (χ1v) is 7.21. The number of H-pyrrole nitrogens is 1. The highest BCUT2D eigenvalue weighted by Gasteiger charge is 2.18. The van der Waals surface area contributed by atoms with Gasteiger partial charge in [-0.2, -0.15) is 0 Å². The molecule has 0 saturated heterocycles. The maximum Gasteiger partial charge on any atom is 0.107 e. The first-order chi connectivity index (χ1) is 8.91. The fourth-order valence-corrected chi connectivity index (χ4v) is 2.36. The van der Waals surface area contributed by atoms with E-state index in [4.69, 9.17) is 5.73 Å². The van der Waals surface area contributed by atoms with Crippen molar-refractivity contribution in [3.8, 4) is 11.3 Å². The predicted molar refractivity (Wildman–Crippen MR) is 83.0 cm³/mol. The third kappa shape index (κ3) is 3.45. The SMILES string of the molecule is Cc1ccc(Br)cc1-c1cnc(CC(C)(C)CN)[nH]1. The van der Waals surface area contributed by atoms with Crippen LogP contribution in [0.5, 0.6) is 0 Å². The van der Waals surface area contributed by atoms with Gasteiger partial charge in [-0.15, -0.1) is 0 Å². The van der Waals surface area contributed by atoms with E-state index >= 15 is 0 Å². The van der Waals surface area contributed by atoms with Gasteiger partial charge >= 0.3 is 0 Å². The summed E-state index contributed by atoms with van der Waals surface area (Å²) in [5, 5.41) is 0. The number of halogens is 1. The van der Waals surface area contributed by atoms with Crippen molar-refractivity contribution in [1.82, 2.24) is 9.97 Å². The number of imidazole rings is 1. The highest BCUT2D eigenvalue weighted by molar-refractivity contribution is 9.10. The molecule has 3 nitrogen and oxygen atoms in total. The molecule has 102 valence electrons. The van der Waals surface area contributed by atoms with Crippen LogP contribution in [0.3, 0.4) is 0 Å². The van der Waals surface area contributed by atoms with Crippen molar-refractivity contribution in [2.45, 2.75) is 27.2 Å². The lowest BCUT2D eigenvalue weighted by Crippen LogP contribution is -2.26. The van der Waals surface area contributed by atoms with Gasteiger partial charge in [0.05, 0.1) is 11.9 Å². The van der Waals surface area contributed by atoms with Gasteiger partial charge in [0.1, 0.15) is 5.82 Å². The minimum Gasteiger partial charge on any atom is -0.342 e. The van der Waals surface area contributed by atoms with Crippen molar-refractivity contribution < 1.29 is 0 Å². The van der Waals surface area contributed by atoms with Crippen molar-refractivity contribution in [3.63, 3.8) is 0 Å². The van der Waals surface area contributed by atoms with Crippen molar-refractivity contribution in [2.24, 2.45) is 11.1 Å². The molecular weight excluding hydrogens is 302 g/mol. The van der Waals surface area contributed by atoms with E-state index in [0.29, 0.717) is 6.54 Å². The topological polar surface area (TPSA) is 54.7 Å². The van der Waals surface area contributed by atoms with Gasteiger partial charge in [-0.3, -0.25) is 0 Å². The Morgan fingerprint density at radius 3 is 2.79 bits per heavy atom. The molecule has 0 aliphatic carbocycles. The molecule has 0 atom stereocenters. The number of aromatic amines is 1. The molecule has 1 aromatic carbocycles. The Kier molecular flexibility index (Phi) is 4.11. The summed E-state index contributed by atoms with van der Waals surface area (Å²) < 4.78 is 1.08. The molecule has 0 unspecified atom stereocenters. The van der Waals surface area contributed by atoms with Crippen LogP contribution in [0.1, 0.15) is 25.2 Å². The Labute approximate surface area is 122 Å². The summed E-state index contributed by atoms with van der Waals surface area (Å²) in [4.78, 5) is 7.87. The Hall–Kier alpha value is -1.13. The quantitative estimate of drug-likeness (QED) is 0.902. The summed E-state index contributed by atoms with van der Waals surface area (Å²) >= 11 is 3.51. The first kappa shape index (κ1) is 14.3. The molecule has 0 fully saturated rings. The molecule has 0 bridgehead atoms. The second-order valence-corrected chi connectivity index (χ2v) is 6.66. The van der Waals surface area contributed by atoms with E-state index in [9.17, 15) is 0 Å². The molecule has 0 aliphatic rings. The van der Waals surface area contributed by atoms with Gasteiger partial charge < -0.3 is 10.7 Å². The molecule has 2 rings (SSSR count). The maximum atomic E-state index is 5.77. The number of rotatable bonds is 4. The zero-order valence-electron chi connectivity index (χ0n) is 11.6. The summed E-state index contributed by atoms with van der Waals surface area (Å²) in [6.07, 6.45) is 2.76. The van der Waals surface area contributed by atoms with Gasteiger partial charge in [-0.25, -0.2) is 4.98 Å². The maximum absolute atomic E-state index is 5.77. The molecule has 19 heavy (non-hydrogen) atoms. The lowest BCUT2D eigenvalue weighted by molar-refractivity contribution is 0.369. The zero-order chi connectivity index (χ0) is 14.0. The highest BCUT2D eigenvalue weighted by atomic mass is 79.9. The van der Waals surface area contributed by atoms with E-state index in [1.54, 1.807) is 0 Å². The molecule has 4 heteroatoms. The third-order valence-corrected chi connectivity index (χ3v) is 3.81. The Balaban J connectivity index is 2.28. The van der Waals surface area contributed by atoms with Crippen LogP contribution in [0, 0.1) is 12.3 Å². The van der Waals surface area contributed by atoms with E-state index in [0.717, 1.165) is 22.4 Å². The Bertz CT molecular complexity index is 573. The zero-order valence-corrected chi connectivity index (χ0v) is 13.2. The minimum atomic E-state index is 0.0709. The van der Waals surface area contributed by atoms with Crippen molar-refractivity contribution >= 4 is 15.9 Å². The Morgan fingerprint density at radius 1 is 1.37 bits per heavy atom. The van der Waals surface area contributed by atoms with Gasteiger partial charge in [0.25, 0.3) is 0 Å². The monoisotopic (exact) mass is 321 g/mol. The molecule has 0 aliphatic heterocycles. The largest absolute Gasteiger partial charge is 0.342 e. The number of aromatic nitrogens is 2. The van der Waals surface area contributed by atoms with E-state index < -0.39 is 0 Å². The standard InChI is InChI=1S/C15H20BrN3/c1-10-4-5-11(16)6-12(10)13-8-18-14(19-13)7-15(2,3)9-17/h4-6,8H,7,9,17H2,1-3H3,(H,18,19). The lowest BCUT2D eigenvalue weighted by atomic mass is 9.89. The normalized spacial score (nSPS) is 11.8. The molecule has 0 amide bonds.